The third-order valence-corrected chi connectivity index (χ3v) is 3.62. The second-order valence-corrected chi connectivity index (χ2v) is 6.96. The molecule has 0 saturated heterocycles. The highest BCUT2D eigenvalue weighted by molar-refractivity contribution is 14.0. The highest BCUT2D eigenvalue weighted by Crippen LogP contribution is 2.14. The molecule has 142 valence electrons. The number of aliphatic imine (C=N–C) groups is 1. The molecule has 0 aliphatic rings. The van der Waals surface area contributed by atoms with Crippen LogP contribution in [0.4, 0.5) is 0 Å². The summed E-state index contributed by atoms with van der Waals surface area (Å²) >= 11 is 0. The first-order chi connectivity index (χ1) is 11.3. The Balaban J connectivity index is 0.00000576. The van der Waals surface area contributed by atoms with E-state index in [0.29, 0.717) is 25.6 Å². The first kappa shape index (κ1) is 23.7. The van der Waals surface area contributed by atoms with Crippen molar-refractivity contribution < 1.29 is 4.79 Å². The van der Waals surface area contributed by atoms with Crippen LogP contribution in [0.2, 0.25) is 0 Å². The Labute approximate surface area is 169 Å². The molecule has 1 atom stereocenters. The van der Waals surface area contributed by atoms with Crippen LogP contribution in [0.1, 0.15) is 46.1 Å². The Morgan fingerprint density at radius 3 is 2.24 bits per heavy atom. The van der Waals surface area contributed by atoms with Gasteiger partial charge in [-0.15, -0.1) is 24.0 Å². The minimum Gasteiger partial charge on any atom is -0.357 e. The lowest BCUT2D eigenvalue weighted by molar-refractivity contribution is -0.128. The van der Waals surface area contributed by atoms with E-state index in [-0.39, 0.29) is 35.3 Å². The fraction of sp³-hybridized carbons (Fsp3) is 0.579. The third-order valence-electron chi connectivity index (χ3n) is 3.62. The van der Waals surface area contributed by atoms with Crippen molar-refractivity contribution >= 4 is 35.8 Å². The summed E-state index contributed by atoms with van der Waals surface area (Å²) in [6.45, 7) is 12.7. The number of guanidine groups is 1. The third kappa shape index (κ3) is 9.67. The minimum atomic E-state index is -0.357. The summed E-state index contributed by atoms with van der Waals surface area (Å²) in [5, 5.41) is 9.42. The smallest absolute Gasteiger partial charge is 0.225 e. The average Bonchev–Trinajstić information content (AvgIpc) is 2.55. The number of nitrogens with zero attached hydrogens (tertiary/aromatic N) is 1. The van der Waals surface area contributed by atoms with E-state index in [4.69, 9.17) is 0 Å². The predicted octanol–water partition coefficient (Wildman–Crippen LogP) is 3.13. The Morgan fingerprint density at radius 2 is 1.68 bits per heavy atom. The van der Waals surface area contributed by atoms with Crippen LogP contribution in [0.5, 0.6) is 0 Å². The van der Waals surface area contributed by atoms with E-state index in [1.54, 1.807) is 0 Å². The van der Waals surface area contributed by atoms with E-state index >= 15 is 0 Å². The molecular formula is C19H33IN4O. The number of hydrogen-bond donors (Lipinski definition) is 3. The van der Waals surface area contributed by atoms with Crippen molar-refractivity contribution in [2.75, 3.05) is 26.2 Å². The van der Waals surface area contributed by atoms with Gasteiger partial charge in [-0.3, -0.25) is 9.79 Å². The van der Waals surface area contributed by atoms with E-state index < -0.39 is 0 Å². The number of nitrogens with one attached hydrogen (secondary N) is 3. The van der Waals surface area contributed by atoms with Crippen molar-refractivity contribution in [3.05, 3.63) is 35.9 Å². The van der Waals surface area contributed by atoms with E-state index in [1.165, 1.54) is 5.56 Å². The van der Waals surface area contributed by atoms with Crippen LogP contribution in [0, 0.1) is 5.41 Å². The molecule has 1 aromatic rings. The van der Waals surface area contributed by atoms with Crippen LogP contribution < -0.4 is 16.0 Å². The van der Waals surface area contributed by atoms with Crippen LogP contribution in [-0.4, -0.2) is 38.0 Å². The normalized spacial score (nSPS) is 12.8. The van der Waals surface area contributed by atoms with Crippen LogP contribution in [-0.2, 0) is 4.79 Å². The zero-order valence-electron chi connectivity index (χ0n) is 16.1. The molecule has 0 aromatic heterocycles. The largest absolute Gasteiger partial charge is 0.357 e. The Bertz CT molecular complexity index is 526. The summed E-state index contributed by atoms with van der Waals surface area (Å²) < 4.78 is 0. The van der Waals surface area contributed by atoms with Crippen LogP contribution in [0.25, 0.3) is 0 Å². The lowest BCUT2D eigenvalue weighted by atomic mass is 9.96. The van der Waals surface area contributed by atoms with Crippen LogP contribution in [0.15, 0.2) is 35.3 Å². The van der Waals surface area contributed by atoms with Gasteiger partial charge in [0.15, 0.2) is 5.96 Å². The number of carbonyl (C=O) groups is 1. The maximum atomic E-state index is 11.8. The van der Waals surface area contributed by atoms with Crippen molar-refractivity contribution in [2.24, 2.45) is 10.4 Å². The van der Waals surface area contributed by atoms with Crippen LogP contribution >= 0.6 is 24.0 Å². The molecule has 0 aliphatic heterocycles. The molecule has 0 radical (unpaired) electrons. The van der Waals surface area contributed by atoms with Gasteiger partial charge in [-0.1, -0.05) is 58.0 Å². The van der Waals surface area contributed by atoms with Gasteiger partial charge in [-0.25, -0.2) is 0 Å². The highest BCUT2D eigenvalue weighted by Gasteiger charge is 2.20. The molecule has 0 aliphatic carbocycles. The molecule has 0 fully saturated rings. The van der Waals surface area contributed by atoms with E-state index in [0.717, 1.165) is 12.5 Å². The lowest BCUT2D eigenvalue weighted by Crippen LogP contribution is -2.43. The molecule has 1 aromatic carbocycles. The molecule has 0 bridgehead atoms. The van der Waals surface area contributed by atoms with Crippen LogP contribution in [0.3, 0.4) is 0 Å². The summed E-state index contributed by atoms with van der Waals surface area (Å²) in [5.41, 5.74) is 0.929. The first-order valence-electron chi connectivity index (χ1n) is 8.70. The van der Waals surface area contributed by atoms with Gasteiger partial charge in [-0.2, -0.15) is 0 Å². The van der Waals surface area contributed by atoms with E-state index in [2.05, 4.69) is 52.1 Å². The molecule has 0 spiro atoms. The number of benzene rings is 1. The fourth-order valence-electron chi connectivity index (χ4n) is 2.08. The lowest BCUT2D eigenvalue weighted by Gasteiger charge is -2.18. The fourth-order valence-corrected chi connectivity index (χ4v) is 2.08. The SMILES string of the molecule is CCNC(=NCC(C)c1ccccc1)NCCNC(=O)C(C)(C)C.I. The summed E-state index contributed by atoms with van der Waals surface area (Å²) in [7, 11) is 0. The number of hydrogen-bond acceptors (Lipinski definition) is 2. The highest BCUT2D eigenvalue weighted by atomic mass is 127. The second kappa shape index (κ2) is 12.1. The number of carbonyl (C=O) groups excluding carboxylic acids is 1. The van der Waals surface area contributed by atoms with Gasteiger partial charge < -0.3 is 16.0 Å². The van der Waals surface area contributed by atoms with Crippen molar-refractivity contribution in [3.8, 4) is 0 Å². The Hall–Kier alpha value is -1.31. The molecule has 1 rings (SSSR count). The van der Waals surface area contributed by atoms with Gasteiger partial charge >= 0.3 is 0 Å². The quantitative estimate of drug-likeness (QED) is 0.254. The minimum absolute atomic E-state index is 0. The monoisotopic (exact) mass is 460 g/mol. The molecule has 1 amide bonds. The number of rotatable bonds is 7. The van der Waals surface area contributed by atoms with E-state index in [1.807, 2.05) is 33.8 Å². The predicted molar refractivity (Wildman–Crippen MR) is 117 cm³/mol. The topological polar surface area (TPSA) is 65.5 Å². The van der Waals surface area contributed by atoms with Crippen molar-refractivity contribution in [1.29, 1.82) is 0 Å². The molecule has 0 saturated carbocycles. The second-order valence-electron chi connectivity index (χ2n) is 6.96. The summed E-state index contributed by atoms with van der Waals surface area (Å²) in [4.78, 5) is 16.5. The molecular weight excluding hydrogens is 427 g/mol. The van der Waals surface area contributed by atoms with Gasteiger partial charge in [0.25, 0.3) is 0 Å². The van der Waals surface area contributed by atoms with Crippen molar-refractivity contribution in [1.82, 2.24) is 16.0 Å². The van der Waals surface area contributed by atoms with Crippen molar-refractivity contribution in [2.45, 2.75) is 40.5 Å². The summed E-state index contributed by atoms with van der Waals surface area (Å²) in [6, 6.07) is 10.4. The molecule has 5 nitrogen and oxygen atoms in total. The Morgan fingerprint density at radius 1 is 1.08 bits per heavy atom. The Kier molecular flexibility index (Phi) is 11.5. The molecule has 1 unspecified atom stereocenters. The van der Waals surface area contributed by atoms with E-state index in [9.17, 15) is 4.79 Å². The van der Waals surface area contributed by atoms with Crippen molar-refractivity contribution in [3.63, 3.8) is 0 Å². The van der Waals surface area contributed by atoms with Gasteiger partial charge in [0.2, 0.25) is 5.91 Å². The maximum absolute atomic E-state index is 11.8. The summed E-state index contributed by atoms with van der Waals surface area (Å²) in [6.07, 6.45) is 0. The molecule has 3 N–H and O–H groups in total. The number of amides is 1. The maximum Gasteiger partial charge on any atom is 0.225 e. The molecule has 0 heterocycles. The molecule has 6 heteroatoms. The average molecular weight is 460 g/mol. The van der Waals surface area contributed by atoms with Gasteiger partial charge in [-0.05, 0) is 12.5 Å². The number of halogens is 1. The van der Waals surface area contributed by atoms with Gasteiger partial charge in [0, 0.05) is 37.5 Å². The van der Waals surface area contributed by atoms with Gasteiger partial charge in [0.05, 0.1) is 0 Å². The zero-order chi connectivity index (χ0) is 18.0. The zero-order valence-corrected chi connectivity index (χ0v) is 18.4. The van der Waals surface area contributed by atoms with Gasteiger partial charge in [0.1, 0.15) is 0 Å². The standard InChI is InChI=1S/C19H32N4O.HI/c1-6-20-18(22-13-12-21-17(24)19(3,4)5)23-14-15(2)16-10-8-7-9-11-16;/h7-11,15H,6,12-14H2,1-5H3,(H,21,24)(H2,20,22,23);1H. The summed E-state index contributed by atoms with van der Waals surface area (Å²) in [5.74, 6) is 1.21. The molecule has 25 heavy (non-hydrogen) atoms. The first-order valence-corrected chi connectivity index (χ1v) is 8.70.